The molecule has 0 aromatic rings. The van der Waals surface area contributed by atoms with Crippen LogP contribution in [0.1, 0.15) is 39.5 Å². The normalized spacial score (nSPS) is 19.0. The van der Waals surface area contributed by atoms with Crippen LogP contribution in [0.15, 0.2) is 12.7 Å². The van der Waals surface area contributed by atoms with Gasteiger partial charge in [-0.05, 0) is 26.7 Å². The summed E-state index contributed by atoms with van der Waals surface area (Å²) in [6.07, 6.45) is 6.62. The van der Waals surface area contributed by atoms with Crippen molar-refractivity contribution in [2.45, 2.75) is 50.7 Å². The van der Waals surface area contributed by atoms with Crippen LogP contribution in [0.4, 0.5) is 0 Å². The highest BCUT2D eigenvalue weighted by Crippen LogP contribution is 2.41. The summed E-state index contributed by atoms with van der Waals surface area (Å²) < 4.78 is 17.4. The molecule has 16 heavy (non-hydrogen) atoms. The van der Waals surface area contributed by atoms with E-state index in [4.69, 9.17) is 13.3 Å². The van der Waals surface area contributed by atoms with Crippen LogP contribution in [-0.4, -0.2) is 28.6 Å². The summed E-state index contributed by atoms with van der Waals surface area (Å²) >= 11 is 0. The number of rotatable bonds is 6. The molecule has 4 heteroatoms. The molecule has 0 saturated heterocycles. The van der Waals surface area contributed by atoms with E-state index in [1.54, 1.807) is 14.2 Å². The van der Waals surface area contributed by atoms with E-state index in [-0.39, 0.29) is 5.60 Å². The van der Waals surface area contributed by atoms with Crippen molar-refractivity contribution < 1.29 is 13.3 Å². The Hall–Kier alpha value is -0.163. The molecule has 1 aliphatic carbocycles. The summed E-state index contributed by atoms with van der Waals surface area (Å²) in [6, 6.07) is 0. The van der Waals surface area contributed by atoms with Crippen molar-refractivity contribution in [3.63, 3.8) is 0 Å². The monoisotopic (exact) mass is 244 g/mol. The minimum Gasteiger partial charge on any atom is -0.377 e. The molecule has 3 nitrogen and oxygen atoms in total. The minimum absolute atomic E-state index is 0.388. The molecule has 0 bridgehead atoms. The molecule has 94 valence electrons. The zero-order chi connectivity index (χ0) is 12.2. The van der Waals surface area contributed by atoms with E-state index in [1.807, 2.05) is 19.9 Å². The Kier molecular flexibility index (Phi) is 4.73. The molecule has 0 aromatic heterocycles. The highest BCUT2D eigenvalue weighted by atomic mass is 28.4. The molecule has 0 atom stereocenters. The van der Waals surface area contributed by atoms with Crippen LogP contribution in [-0.2, 0) is 13.3 Å². The molecule has 1 aliphatic rings. The molecule has 1 fully saturated rings. The van der Waals surface area contributed by atoms with Gasteiger partial charge in [-0.25, -0.2) is 0 Å². The van der Waals surface area contributed by atoms with E-state index >= 15 is 0 Å². The van der Waals surface area contributed by atoms with E-state index in [1.165, 1.54) is 12.8 Å². The van der Waals surface area contributed by atoms with E-state index in [0.29, 0.717) is 5.54 Å². The van der Waals surface area contributed by atoms with Crippen molar-refractivity contribution in [2.75, 3.05) is 14.2 Å². The van der Waals surface area contributed by atoms with Gasteiger partial charge in [0.1, 0.15) is 0 Å². The molecule has 0 radical (unpaired) electrons. The van der Waals surface area contributed by atoms with E-state index < -0.39 is 8.80 Å². The van der Waals surface area contributed by atoms with Crippen molar-refractivity contribution in [2.24, 2.45) is 0 Å². The second-order valence-electron chi connectivity index (χ2n) is 4.90. The van der Waals surface area contributed by atoms with Crippen molar-refractivity contribution >= 4 is 8.80 Å². The van der Waals surface area contributed by atoms with Gasteiger partial charge in [0.25, 0.3) is 0 Å². The van der Waals surface area contributed by atoms with Gasteiger partial charge in [0.15, 0.2) is 0 Å². The van der Waals surface area contributed by atoms with Crippen molar-refractivity contribution in [3.8, 4) is 0 Å². The van der Waals surface area contributed by atoms with E-state index in [9.17, 15) is 0 Å². The first-order valence-corrected chi connectivity index (χ1v) is 7.74. The third-order valence-corrected chi connectivity index (χ3v) is 6.85. The van der Waals surface area contributed by atoms with Crippen molar-refractivity contribution in [1.82, 2.24) is 0 Å². The molecule has 1 saturated carbocycles. The Labute approximate surface area is 100 Å². The Morgan fingerprint density at radius 1 is 1.19 bits per heavy atom. The Morgan fingerprint density at radius 3 is 2.06 bits per heavy atom. The van der Waals surface area contributed by atoms with Crippen molar-refractivity contribution in [3.05, 3.63) is 12.7 Å². The fraction of sp³-hybridized carbons (Fsp3) is 0.833. The first-order valence-electron chi connectivity index (χ1n) is 5.94. The van der Waals surface area contributed by atoms with Gasteiger partial charge < -0.3 is 13.3 Å². The zero-order valence-electron chi connectivity index (χ0n) is 10.9. The summed E-state index contributed by atoms with van der Waals surface area (Å²) in [6.45, 7) is 7.79. The lowest BCUT2D eigenvalue weighted by atomic mass is 10.1. The van der Waals surface area contributed by atoms with Gasteiger partial charge in [0.2, 0.25) is 0 Å². The molecular weight excluding hydrogens is 220 g/mol. The van der Waals surface area contributed by atoms with Gasteiger partial charge in [0, 0.05) is 19.8 Å². The molecule has 0 unspecified atom stereocenters. The zero-order valence-corrected chi connectivity index (χ0v) is 11.9. The summed E-state index contributed by atoms with van der Waals surface area (Å²) in [5, 5.41) is 0. The average molecular weight is 244 g/mol. The van der Waals surface area contributed by atoms with Gasteiger partial charge >= 0.3 is 8.80 Å². The fourth-order valence-electron chi connectivity index (χ4n) is 2.27. The van der Waals surface area contributed by atoms with E-state index in [0.717, 1.165) is 12.8 Å². The minimum atomic E-state index is -2.54. The second kappa shape index (κ2) is 5.45. The fourth-order valence-corrected chi connectivity index (χ4v) is 5.37. The maximum atomic E-state index is 6.13. The molecule has 0 N–H and O–H groups in total. The highest BCUT2D eigenvalue weighted by Gasteiger charge is 2.51. The van der Waals surface area contributed by atoms with Gasteiger partial charge in [0.05, 0.1) is 5.60 Å². The summed E-state index contributed by atoms with van der Waals surface area (Å²) in [7, 11) is 0.865. The van der Waals surface area contributed by atoms with Crippen molar-refractivity contribution in [1.29, 1.82) is 0 Å². The van der Waals surface area contributed by atoms with Crippen LogP contribution in [0.3, 0.4) is 0 Å². The molecule has 0 aliphatic heterocycles. The first-order chi connectivity index (χ1) is 7.49. The molecular formula is C12H24O3Si. The Balaban J connectivity index is 2.82. The van der Waals surface area contributed by atoms with Gasteiger partial charge in [-0.2, -0.15) is 0 Å². The third kappa shape index (κ3) is 2.94. The van der Waals surface area contributed by atoms with Gasteiger partial charge in [-0.1, -0.05) is 18.9 Å². The van der Waals surface area contributed by atoms with E-state index in [2.05, 4.69) is 6.58 Å². The highest BCUT2D eigenvalue weighted by molar-refractivity contribution is 6.62. The first kappa shape index (κ1) is 13.9. The van der Waals surface area contributed by atoms with Crippen LogP contribution in [0.2, 0.25) is 5.54 Å². The van der Waals surface area contributed by atoms with Crippen LogP contribution in [0, 0.1) is 0 Å². The smallest absolute Gasteiger partial charge is 0.377 e. The predicted octanol–water partition coefficient (Wildman–Crippen LogP) is 3.14. The lowest BCUT2D eigenvalue weighted by molar-refractivity contribution is 0.0250. The summed E-state index contributed by atoms with van der Waals surface area (Å²) in [5.74, 6) is 0. The molecule has 0 spiro atoms. The average Bonchev–Trinajstić information content (AvgIpc) is 2.80. The third-order valence-electron chi connectivity index (χ3n) is 3.32. The van der Waals surface area contributed by atoms with Crippen LogP contribution in [0.25, 0.3) is 0 Å². The molecule has 0 aromatic carbocycles. The standard InChI is InChI=1S/C12H24O3Si/c1-6-12(2,3)15-16(13-4,14-5)11-9-7-8-10-11/h6,11H,1,7-10H2,2-5H3. The Morgan fingerprint density at radius 2 is 1.69 bits per heavy atom. The lowest BCUT2D eigenvalue weighted by Crippen LogP contribution is -2.52. The second-order valence-corrected chi connectivity index (χ2v) is 7.95. The summed E-state index contributed by atoms with van der Waals surface area (Å²) in [4.78, 5) is 0. The maximum Gasteiger partial charge on any atom is 0.504 e. The number of hydrogen-bond donors (Lipinski definition) is 0. The molecule has 0 heterocycles. The molecule has 1 rings (SSSR count). The van der Waals surface area contributed by atoms with Crippen LogP contribution < -0.4 is 0 Å². The topological polar surface area (TPSA) is 27.7 Å². The van der Waals surface area contributed by atoms with Gasteiger partial charge in [-0.3, -0.25) is 0 Å². The van der Waals surface area contributed by atoms with Gasteiger partial charge in [-0.15, -0.1) is 6.58 Å². The quantitative estimate of drug-likeness (QED) is 0.530. The SMILES string of the molecule is C=CC(C)(C)O[Si](OC)(OC)C1CCCC1. The summed E-state index contributed by atoms with van der Waals surface area (Å²) in [5.41, 5.74) is 0.0580. The van der Waals surface area contributed by atoms with Crippen LogP contribution in [0.5, 0.6) is 0 Å². The molecule has 0 amide bonds. The maximum absolute atomic E-state index is 6.13. The number of hydrogen-bond acceptors (Lipinski definition) is 3. The predicted molar refractivity (Wildman–Crippen MR) is 67.4 cm³/mol. The largest absolute Gasteiger partial charge is 0.504 e. The Bertz CT molecular complexity index is 230. The van der Waals surface area contributed by atoms with Crippen LogP contribution >= 0.6 is 0 Å². The lowest BCUT2D eigenvalue weighted by Gasteiger charge is -2.37.